The average molecular weight is 2060 g/mol. The SMILES string of the molecule is CCN(CCCCCC(=O)NCCNC(=O)O[C@@H]1[C@H](O)[C@@H](COP(=O)(O)OP(=O)([O-])O)O[C@H]1[n+]1cn(C)c2c(=O)[nH]c(N)nc21)c1ccc2cc(-c3cc[n+](CCCS(=O)(=O)[O-])cc3)c(=O)oc2c1.CCN(CCCCCC(=O)NCCNC(=O)O[C@H]1[C@@H](O)[C@H]([n+]2cn(C)c3c(=O)[nH]c(N)nc32)O[C@@H]1COP(=O)(O)OP(=O)([O-])O)c1ccc2cc(-c3cc[n+](CCCS(=O)(=O)[O-])cc3)c(=O)oc2c1. The first-order chi connectivity index (χ1) is 65.0. The molecule has 0 bridgehead atoms. The number of pyridine rings is 2. The molecular weight excluding hydrogens is 1950 g/mol. The Hall–Kier alpha value is -11.3. The van der Waals surface area contributed by atoms with E-state index < -0.39 is 160 Å². The van der Waals surface area contributed by atoms with E-state index >= 15 is 0 Å². The van der Waals surface area contributed by atoms with E-state index in [1.54, 1.807) is 82.5 Å². The Morgan fingerprint density at radius 3 is 1.33 bits per heavy atom. The largest absolute Gasteiger partial charge is 0.756 e. The van der Waals surface area contributed by atoms with Gasteiger partial charge in [0.05, 0.1) is 58.7 Å². The second-order valence-electron chi connectivity index (χ2n) is 31.5. The van der Waals surface area contributed by atoms with Crippen LogP contribution in [0, 0.1) is 0 Å². The molecule has 60 heteroatoms. The van der Waals surface area contributed by atoms with Crippen molar-refractivity contribution in [3.63, 3.8) is 0 Å². The Bertz CT molecular complexity index is 6760. The lowest BCUT2D eigenvalue weighted by Crippen LogP contribution is -2.49. The van der Waals surface area contributed by atoms with E-state index in [-0.39, 0.29) is 97.9 Å². The lowest BCUT2D eigenvalue weighted by molar-refractivity contribution is -0.746. The molecule has 4 unspecified atom stereocenters. The molecule has 8 aromatic heterocycles. The predicted octanol–water partition coefficient (Wildman–Crippen LogP) is -1.44. The fraction of sp³-hybridized carbons (Fsp3) is 0.462. The number of carbonyl (C=O) groups is 4. The Morgan fingerprint density at radius 1 is 0.536 bits per heavy atom. The summed E-state index contributed by atoms with van der Waals surface area (Å²) >= 11 is 0. The number of aryl methyl sites for hydroxylation is 4. The maximum absolute atomic E-state index is 13.0. The summed E-state index contributed by atoms with van der Waals surface area (Å²) in [5.74, 6) is -2.07. The number of nitrogens with zero attached hydrogens (tertiary/aromatic N) is 10. The monoisotopic (exact) mass is 2050 g/mol. The standard InChI is InChI=1S/2C39H51N9O18P2S/c1-3-47(26-10-9-25-20-27(37(52)64-28(25)21-26)24-11-17-46(18-12-24)15-7-19-69(59,60)61)16-6-4-5-8-30(49)41-13-14-42-39(53)65-33-29(22-62-68(57,58)66-67(54,55)56)63-36(32(33)50)48-23-45(2)31-34(48)43-38(40)44-35(31)51;1-3-47(26-10-9-25-20-27(37(52)64-28(25)21-26)24-11-17-46(18-12-24)15-7-19-69(59,60)61)16-6-4-5-8-30(49)41-13-14-42-39(53)65-33-32(50)29(22-62-68(57,58)66-67(54,55)56)63-36(33)48-23-45(2)31-34(48)43-38(40)44-35(31)51/h2*9-12,17-18,20-21,23,29,32-33,36,50H,3-8,13-16,19,22H2,1-2H3,(H7-2,40,41,42,43,44,49,51,53,54,55,56,57,58,59,60,61)/t2*29-,32-,33-,36-/m11/s1. The number of phosphoric ester groups is 2. The van der Waals surface area contributed by atoms with Gasteiger partial charge in [-0.3, -0.25) is 56.5 Å². The van der Waals surface area contributed by atoms with Crippen molar-refractivity contribution in [2.75, 3.05) is 98.3 Å². The van der Waals surface area contributed by atoms with Gasteiger partial charge in [0.1, 0.15) is 42.6 Å². The number of carbonyl (C=O) groups excluding carboxylic acids is 4. The number of rotatable bonds is 46. The van der Waals surface area contributed by atoms with Gasteiger partial charge >= 0.3 is 50.4 Å². The van der Waals surface area contributed by atoms with Crippen molar-refractivity contribution < 1.29 is 167 Å². The molecule has 2 aliphatic heterocycles. The number of hydrogen-bond donors (Lipinski definition) is 14. The quantitative estimate of drug-likeness (QED) is 0.00683. The third-order valence-electron chi connectivity index (χ3n) is 21.5. The fourth-order valence-electron chi connectivity index (χ4n) is 15.1. The maximum atomic E-state index is 13.0. The molecule has 10 aromatic rings. The number of unbranched alkanes of at least 4 members (excludes halogenated alkanes) is 4. The molecule has 4 amide bonds. The van der Waals surface area contributed by atoms with Crippen LogP contribution in [0.4, 0.5) is 32.9 Å². The third-order valence-corrected chi connectivity index (χ3v) is 27.3. The number of nitrogens with two attached hydrogens (primary N) is 2. The summed E-state index contributed by atoms with van der Waals surface area (Å²) < 4.78 is 170. The van der Waals surface area contributed by atoms with Crippen LogP contribution in [0.15, 0.2) is 138 Å². The van der Waals surface area contributed by atoms with E-state index in [1.807, 2.05) is 38.1 Å². The van der Waals surface area contributed by atoms with Crippen molar-refractivity contribution >= 4 is 143 Å². The van der Waals surface area contributed by atoms with Gasteiger partial charge in [-0.2, -0.15) is 0 Å². The molecule has 0 radical (unpaired) electrons. The average Bonchev–Trinajstić information content (AvgIpc) is 1.60. The van der Waals surface area contributed by atoms with Crippen LogP contribution >= 0.6 is 31.3 Å². The van der Waals surface area contributed by atoms with Gasteiger partial charge < -0.3 is 119 Å². The molecule has 12 rings (SSSR count). The first-order valence-corrected chi connectivity index (χ1v) is 51.7. The minimum absolute atomic E-state index is 0.00162. The number of ether oxygens (including phenoxy) is 4. The summed E-state index contributed by atoms with van der Waals surface area (Å²) in [4.78, 5) is 179. The minimum atomic E-state index is -5.75. The molecule has 2 saturated heterocycles. The number of nitrogens with one attached hydrogen (secondary N) is 6. The number of benzene rings is 2. The summed E-state index contributed by atoms with van der Waals surface area (Å²) in [6.07, 6.45) is -1.10. The number of aromatic amines is 2. The smallest absolute Gasteiger partial charge is 0.478 e. The summed E-state index contributed by atoms with van der Waals surface area (Å²) in [5, 5.41) is 34.0. The fourth-order valence-corrected chi connectivity index (χ4v) is 19.2. The number of imidazole rings is 2. The molecule has 54 nitrogen and oxygen atoms in total. The molecule has 0 spiro atoms. The van der Waals surface area contributed by atoms with E-state index in [0.717, 1.165) is 24.2 Å². The lowest BCUT2D eigenvalue weighted by Gasteiger charge is -2.23. The van der Waals surface area contributed by atoms with Crippen molar-refractivity contribution in [2.45, 2.75) is 140 Å². The summed E-state index contributed by atoms with van der Waals surface area (Å²) in [7, 11) is -28.0. The Kier molecular flexibility index (Phi) is 36.2. The number of aromatic nitrogens is 10. The van der Waals surface area contributed by atoms with E-state index in [4.69, 9.17) is 49.0 Å². The predicted molar refractivity (Wildman–Crippen MR) is 475 cm³/mol. The van der Waals surface area contributed by atoms with E-state index in [2.05, 4.69) is 68.7 Å². The first kappa shape index (κ1) is 107. The Balaban J connectivity index is 0.000000265. The van der Waals surface area contributed by atoms with Crippen LogP contribution in [0.2, 0.25) is 0 Å². The lowest BCUT2D eigenvalue weighted by atomic mass is 10.1. The third kappa shape index (κ3) is 30.4. The molecule has 138 heavy (non-hydrogen) atoms. The van der Waals surface area contributed by atoms with Gasteiger partial charge in [0, 0.05) is 159 Å². The second kappa shape index (κ2) is 46.7. The number of phosphoric acid groups is 4. The number of anilines is 4. The van der Waals surface area contributed by atoms with Crippen molar-refractivity contribution in [3.8, 4) is 22.3 Å². The molecule has 0 aliphatic carbocycles. The zero-order chi connectivity index (χ0) is 101. The molecule has 10 heterocycles. The molecule has 2 fully saturated rings. The number of alkyl carbamates (subject to hydrolysis) is 2. The molecule has 2 aromatic carbocycles. The zero-order valence-corrected chi connectivity index (χ0v) is 79.4. The van der Waals surface area contributed by atoms with Crippen molar-refractivity contribution in [3.05, 3.63) is 152 Å². The van der Waals surface area contributed by atoms with Gasteiger partial charge in [-0.25, -0.2) is 72.0 Å². The number of aliphatic hydroxyl groups excluding tert-OH is 2. The van der Waals surface area contributed by atoms with E-state index in [1.165, 1.54) is 45.0 Å². The molecular formula is C78H102N18O36P4S2. The van der Waals surface area contributed by atoms with Crippen LogP contribution in [0.3, 0.4) is 0 Å². The van der Waals surface area contributed by atoms with E-state index in [9.17, 15) is 112 Å². The minimum Gasteiger partial charge on any atom is -0.756 e. The molecule has 752 valence electrons. The number of amides is 4. The summed E-state index contributed by atoms with van der Waals surface area (Å²) in [6.45, 7) is 4.94. The van der Waals surface area contributed by atoms with Crippen molar-refractivity contribution in [2.24, 2.45) is 14.1 Å². The number of nitrogen functional groups attached to an aromatic ring is 2. The summed E-state index contributed by atoms with van der Waals surface area (Å²) in [5.41, 5.74) is 13.4. The Morgan fingerprint density at radius 2 is 0.928 bits per heavy atom. The number of H-pyrrole nitrogens is 2. The number of fused-ring (bicyclic) bond motifs is 4. The van der Waals surface area contributed by atoms with Gasteiger partial charge in [-0.05, 0) is 75.9 Å². The van der Waals surface area contributed by atoms with Gasteiger partial charge in [-0.1, -0.05) is 22.8 Å². The van der Waals surface area contributed by atoms with Gasteiger partial charge in [0.2, 0.25) is 35.3 Å². The zero-order valence-electron chi connectivity index (χ0n) is 74.1. The first-order valence-electron chi connectivity index (χ1n) is 42.6. The van der Waals surface area contributed by atoms with Gasteiger partial charge in [0.25, 0.3) is 38.7 Å². The van der Waals surface area contributed by atoms with Crippen LogP contribution in [0.25, 0.3) is 66.5 Å². The second-order valence-corrected chi connectivity index (χ2v) is 40.2. The highest BCUT2D eigenvalue weighted by molar-refractivity contribution is 7.85. The molecule has 16 N–H and O–H groups in total. The highest BCUT2D eigenvalue weighted by Gasteiger charge is 2.53. The highest BCUT2D eigenvalue weighted by atomic mass is 32.2. The van der Waals surface area contributed by atoms with Crippen LogP contribution < -0.4 is 93.0 Å². The van der Waals surface area contributed by atoms with Crippen molar-refractivity contribution in [1.82, 2.24) is 50.3 Å². The maximum Gasteiger partial charge on any atom is 0.478 e. The summed E-state index contributed by atoms with van der Waals surface area (Å²) in [6, 6.07) is 21.5. The Labute approximate surface area is 782 Å². The number of hydrogen-bond acceptors (Lipinski definition) is 38. The van der Waals surface area contributed by atoms with Crippen LogP contribution in [0.5, 0.6) is 0 Å². The normalized spacial score (nSPS) is 19.0. The number of aliphatic hydroxyl groups is 2. The topological polar surface area (TPSA) is 776 Å². The van der Waals surface area contributed by atoms with E-state index in [0.29, 0.717) is 109 Å². The van der Waals surface area contributed by atoms with Gasteiger partial charge in [0.15, 0.2) is 55.8 Å². The van der Waals surface area contributed by atoms with Gasteiger partial charge in [-0.15, -0.1) is 0 Å². The molecule has 2 aliphatic rings. The van der Waals surface area contributed by atoms with Crippen LogP contribution in [-0.2, 0) is 112 Å². The van der Waals surface area contributed by atoms with Crippen molar-refractivity contribution in [1.29, 1.82) is 0 Å². The molecule has 0 saturated carbocycles. The van der Waals surface area contributed by atoms with Crippen LogP contribution in [0.1, 0.15) is 90.5 Å². The molecule has 12 atom stereocenters. The van der Waals surface area contributed by atoms with Crippen LogP contribution in [-0.4, -0.2) is 223 Å². The highest BCUT2D eigenvalue weighted by Crippen LogP contribution is 2.57.